The maximum atomic E-state index is 12.4. The fourth-order valence-corrected chi connectivity index (χ4v) is 2.68. The van der Waals surface area contributed by atoms with Gasteiger partial charge in [0.05, 0.1) is 12.1 Å². The summed E-state index contributed by atoms with van der Waals surface area (Å²) in [6, 6.07) is 0.0664. The second kappa shape index (κ2) is 3.96. The summed E-state index contributed by atoms with van der Waals surface area (Å²) >= 11 is 0. The van der Waals surface area contributed by atoms with Crippen LogP contribution in [0.4, 0.5) is 0 Å². The van der Waals surface area contributed by atoms with Gasteiger partial charge in [0.25, 0.3) is 0 Å². The molecule has 2 atom stereocenters. The second-order valence-corrected chi connectivity index (χ2v) is 4.87. The van der Waals surface area contributed by atoms with Gasteiger partial charge >= 0.3 is 0 Å². The van der Waals surface area contributed by atoms with Gasteiger partial charge in [-0.3, -0.25) is 4.79 Å². The Morgan fingerprint density at radius 2 is 1.44 bits per heavy atom. The zero-order chi connectivity index (χ0) is 11.9. The second-order valence-electron chi connectivity index (χ2n) is 4.87. The van der Waals surface area contributed by atoms with E-state index in [1.54, 1.807) is 0 Å². The van der Waals surface area contributed by atoms with Crippen molar-refractivity contribution in [3.8, 4) is 0 Å². The lowest BCUT2D eigenvalue weighted by molar-refractivity contribution is -0.126. The van der Waals surface area contributed by atoms with Gasteiger partial charge < -0.3 is 9.80 Å². The van der Waals surface area contributed by atoms with Crippen LogP contribution in [0.2, 0.25) is 0 Å². The molecule has 0 aliphatic carbocycles. The Hall–Kier alpha value is -1.25. The topological polar surface area (TPSA) is 23.6 Å². The van der Waals surface area contributed by atoms with E-state index in [9.17, 15) is 4.79 Å². The zero-order valence-corrected chi connectivity index (χ0v) is 10.2. The Morgan fingerprint density at radius 3 is 1.69 bits per heavy atom. The van der Waals surface area contributed by atoms with E-state index in [1.807, 2.05) is 23.9 Å². The van der Waals surface area contributed by atoms with Gasteiger partial charge in [-0.25, -0.2) is 0 Å². The normalized spacial score (nSPS) is 30.4. The number of allylic oxidation sites excluding steroid dienone is 2. The summed E-state index contributed by atoms with van der Waals surface area (Å²) in [6.45, 7) is 7.94. The number of likely N-dealkylation sites (tertiary alicyclic amines) is 2. The number of nitrogens with zero attached hydrogens (tertiary/aromatic N) is 2. The summed E-state index contributed by atoms with van der Waals surface area (Å²) in [6.07, 6.45) is 3.74. The van der Waals surface area contributed by atoms with Gasteiger partial charge in [0.1, 0.15) is 0 Å². The van der Waals surface area contributed by atoms with Crippen molar-refractivity contribution in [1.29, 1.82) is 0 Å². The summed E-state index contributed by atoms with van der Waals surface area (Å²) in [4.78, 5) is 16.5. The standard InChI is InChI=1S/C13H20N2O/c1-9-5-7-11(14(9)3)13(16)12-8-6-10(2)15(12)4/h11-12H,1-2,5-8H2,3-4H3. The maximum absolute atomic E-state index is 12.4. The molecule has 0 N–H and O–H groups in total. The van der Waals surface area contributed by atoms with Crippen LogP contribution in [-0.2, 0) is 4.79 Å². The summed E-state index contributed by atoms with van der Waals surface area (Å²) in [5.74, 6) is 0.335. The molecule has 2 aliphatic rings. The van der Waals surface area contributed by atoms with E-state index in [0.29, 0.717) is 5.78 Å². The molecular formula is C13H20N2O. The van der Waals surface area contributed by atoms with Gasteiger partial charge in [-0.05, 0) is 25.7 Å². The molecule has 16 heavy (non-hydrogen) atoms. The molecule has 2 aliphatic heterocycles. The SMILES string of the molecule is C=C1CCC(C(=O)C2CCC(=C)N2C)N1C. The zero-order valence-electron chi connectivity index (χ0n) is 10.2. The molecule has 0 aromatic heterocycles. The Morgan fingerprint density at radius 1 is 1.06 bits per heavy atom. The Labute approximate surface area is 97.4 Å². The highest BCUT2D eigenvalue weighted by molar-refractivity contribution is 5.90. The Kier molecular flexibility index (Phi) is 2.78. The van der Waals surface area contributed by atoms with Crippen molar-refractivity contribution in [2.24, 2.45) is 0 Å². The van der Waals surface area contributed by atoms with Crippen LogP contribution in [0, 0.1) is 0 Å². The minimum atomic E-state index is 0.0332. The van der Waals surface area contributed by atoms with Crippen molar-refractivity contribution in [1.82, 2.24) is 9.80 Å². The van der Waals surface area contributed by atoms with Gasteiger partial charge in [-0.2, -0.15) is 0 Å². The third-order valence-corrected chi connectivity index (χ3v) is 4.00. The van der Waals surface area contributed by atoms with E-state index in [4.69, 9.17) is 0 Å². The molecule has 2 unspecified atom stereocenters. The van der Waals surface area contributed by atoms with Crippen LogP contribution in [0.25, 0.3) is 0 Å². The quantitative estimate of drug-likeness (QED) is 0.708. The number of ketones is 1. The van der Waals surface area contributed by atoms with Crippen LogP contribution in [0.5, 0.6) is 0 Å². The lowest BCUT2D eigenvalue weighted by Crippen LogP contribution is -2.43. The first kappa shape index (κ1) is 11.2. The smallest absolute Gasteiger partial charge is 0.177 e. The lowest BCUT2D eigenvalue weighted by atomic mass is 10.0. The largest absolute Gasteiger partial charge is 0.368 e. The van der Waals surface area contributed by atoms with Crippen LogP contribution in [0.3, 0.4) is 0 Å². The van der Waals surface area contributed by atoms with E-state index >= 15 is 0 Å². The molecule has 2 saturated heterocycles. The highest BCUT2D eigenvalue weighted by Gasteiger charge is 2.38. The van der Waals surface area contributed by atoms with Crippen LogP contribution < -0.4 is 0 Å². The molecule has 0 amide bonds. The molecule has 2 fully saturated rings. The van der Waals surface area contributed by atoms with Gasteiger partial charge in [-0.15, -0.1) is 0 Å². The molecule has 3 nitrogen and oxygen atoms in total. The monoisotopic (exact) mass is 220 g/mol. The number of likely N-dealkylation sites (N-methyl/N-ethyl adjacent to an activating group) is 2. The molecule has 2 heterocycles. The molecule has 0 saturated carbocycles. The van der Waals surface area contributed by atoms with E-state index < -0.39 is 0 Å². The van der Waals surface area contributed by atoms with Crippen molar-refractivity contribution in [3.63, 3.8) is 0 Å². The van der Waals surface area contributed by atoms with Crippen molar-refractivity contribution in [2.45, 2.75) is 37.8 Å². The average Bonchev–Trinajstić information content (AvgIpc) is 2.74. The number of hydrogen-bond donors (Lipinski definition) is 0. The first-order valence-electron chi connectivity index (χ1n) is 5.87. The highest BCUT2D eigenvalue weighted by atomic mass is 16.1. The van der Waals surface area contributed by atoms with Crippen molar-refractivity contribution >= 4 is 5.78 Å². The molecule has 3 heteroatoms. The van der Waals surface area contributed by atoms with Gasteiger partial charge in [0.2, 0.25) is 0 Å². The maximum Gasteiger partial charge on any atom is 0.177 e. The summed E-state index contributed by atoms with van der Waals surface area (Å²) in [5, 5.41) is 0. The van der Waals surface area contributed by atoms with Gasteiger partial charge in [0, 0.05) is 25.5 Å². The minimum Gasteiger partial charge on any atom is -0.368 e. The van der Waals surface area contributed by atoms with Crippen LogP contribution in [0.1, 0.15) is 25.7 Å². The third-order valence-electron chi connectivity index (χ3n) is 4.00. The van der Waals surface area contributed by atoms with E-state index in [2.05, 4.69) is 13.2 Å². The van der Waals surface area contributed by atoms with Gasteiger partial charge in [-0.1, -0.05) is 13.2 Å². The Bertz CT molecular complexity index is 316. The fourth-order valence-electron chi connectivity index (χ4n) is 2.68. The third kappa shape index (κ3) is 1.64. The number of carbonyl (C=O) groups is 1. The number of carbonyl (C=O) groups excluding carboxylic acids is 1. The average molecular weight is 220 g/mol. The van der Waals surface area contributed by atoms with Crippen LogP contribution in [0.15, 0.2) is 24.6 Å². The molecule has 0 aromatic rings. The predicted molar refractivity (Wildman–Crippen MR) is 64.9 cm³/mol. The fraction of sp³-hybridized carbons (Fsp3) is 0.615. The van der Waals surface area contributed by atoms with Crippen LogP contribution in [-0.4, -0.2) is 41.8 Å². The van der Waals surface area contributed by atoms with Crippen molar-refractivity contribution < 1.29 is 4.79 Å². The number of rotatable bonds is 2. The molecular weight excluding hydrogens is 200 g/mol. The van der Waals surface area contributed by atoms with E-state index in [0.717, 1.165) is 37.1 Å². The molecule has 2 rings (SSSR count). The number of hydrogen-bond acceptors (Lipinski definition) is 3. The highest BCUT2D eigenvalue weighted by Crippen LogP contribution is 2.31. The van der Waals surface area contributed by atoms with Crippen LogP contribution >= 0.6 is 0 Å². The first-order chi connectivity index (χ1) is 7.52. The summed E-state index contributed by atoms with van der Waals surface area (Å²) < 4.78 is 0. The lowest BCUT2D eigenvalue weighted by Gasteiger charge is -2.28. The predicted octanol–water partition coefficient (Wildman–Crippen LogP) is 1.77. The van der Waals surface area contributed by atoms with E-state index in [-0.39, 0.29) is 12.1 Å². The Balaban J connectivity index is 2.08. The molecule has 0 spiro atoms. The minimum absolute atomic E-state index is 0.0332. The number of Topliss-reactive ketones (excluding diaryl/α,β-unsaturated/α-hetero) is 1. The van der Waals surface area contributed by atoms with Gasteiger partial charge in [0.15, 0.2) is 5.78 Å². The van der Waals surface area contributed by atoms with Crippen molar-refractivity contribution in [3.05, 3.63) is 24.6 Å². The first-order valence-corrected chi connectivity index (χ1v) is 5.87. The molecule has 0 bridgehead atoms. The molecule has 0 aromatic carbocycles. The molecule has 88 valence electrons. The van der Waals surface area contributed by atoms with Crippen molar-refractivity contribution in [2.75, 3.05) is 14.1 Å². The summed E-state index contributed by atoms with van der Waals surface area (Å²) in [5.41, 5.74) is 2.16. The van der Waals surface area contributed by atoms with E-state index in [1.165, 1.54) is 0 Å². The summed E-state index contributed by atoms with van der Waals surface area (Å²) in [7, 11) is 3.95. The molecule has 0 radical (unpaired) electrons.